The minimum absolute atomic E-state index is 0.125. The first kappa shape index (κ1) is 17.5. The van der Waals surface area contributed by atoms with Crippen molar-refractivity contribution in [2.24, 2.45) is 0 Å². The van der Waals surface area contributed by atoms with Crippen LogP contribution in [0.4, 0.5) is 11.4 Å². The lowest BCUT2D eigenvalue weighted by Crippen LogP contribution is -2.41. The highest BCUT2D eigenvalue weighted by molar-refractivity contribution is 6.05. The molecule has 0 aliphatic carbocycles. The molecule has 1 N–H and O–H groups in total. The smallest absolute Gasteiger partial charge is 0.256 e. The molecule has 0 radical (unpaired) electrons. The number of nitrogens with one attached hydrogen (secondary N) is 1. The number of amides is 1. The van der Waals surface area contributed by atoms with Gasteiger partial charge in [-0.1, -0.05) is 18.2 Å². The molecule has 5 nitrogen and oxygen atoms in total. The van der Waals surface area contributed by atoms with E-state index in [9.17, 15) is 4.79 Å². The Morgan fingerprint density at radius 3 is 2.72 bits per heavy atom. The van der Waals surface area contributed by atoms with Crippen LogP contribution in [0.25, 0.3) is 0 Å². The van der Waals surface area contributed by atoms with Gasteiger partial charge in [0.15, 0.2) is 0 Å². The van der Waals surface area contributed by atoms with Gasteiger partial charge in [-0.2, -0.15) is 0 Å². The summed E-state index contributed by atoms with van der Waals surface area (Å²) in [6.45, 7) is 5.02. The number of methoxy groups -OCH3 is 1. The number of nitrogens with zero attached hydrogens (tertiary/aromatic N) is 1. The molecule has 1 aliphatic heterocycles. The summed E-state index contributed by atoms with van der Waals surface area (Å²) < 4.78 is 10.7. The number of carbonyl (C=O) groups excluding carboxylic acids is 1. The van der Waals surface area contributed by atoms with Crippen molar-refractivity contribution in [2.45, 2.75) is 19.6 Å². The molecule has 1 atom stereocenters. The molecule has 132 valence electrons. The highest BCUT2D eigenvalue weighted by Gasteiger charge is 2.17. The normalized spacial score (nSPS) is 17.4. The second kappa shape index (κ2) is 8.14. The zero-order valence-corrected chi connectivity index (χ0v) is 14.7. The second-order valence-electron chi connectivity index (χ2n) is 6.22. The third-order valence-electron chi connectivity index (χ3n) is 4.29. The number of ether oxygens (including phenoxy) is 2. The van der Waals surface area contributed by atoms with Crippen molar-refractivity contribution in [3.05, 3.63) is 59.7 Å². The molecule has 25 heavy (non-hydrogen) atoms. The van der Waals surface area contributed by atoms with E-state index in [1.807, 2.05) is 48.5 Å². The Morgan fingerprint density at radius 1 is 1.24 bits per heavy atom. The molecule has 0 unspecified atom stereocenters. The van der Waals surface area contributed by atoms with Crippen molar-refractivity contribution >= 4 is 17.3 Å². The van der Waals surface area contributed by atoms with E-state index < -0.39 is 0 Å². The number of hydrogen-bond acceptors (Lipinski definition) is 4. The molecule has 0 bridgehead atoms. The third kappa shape index (κ3) is 4.38. The lowest BCUT2D eigenvalue weighted by molar-refractivity contribution is 0.0532. The van der Waals surface area contributed by atoms with E-state index in [-0.39, 0.29) is 12.0 Å². The fourth-order valence-electron chi connectivity index (χ4n) is 3.03. The highest BCUT2D eigenvalue weighted by atomic mass is 16.5. The first-order valence-corrected chi connectivity index (χ1v) is 8.52. The summed E-state index contributed by atoms with van der Waals surface area (Å²) >= 11 is 0. The average molecular weight is 340 g/mol. The number of anilines is 2. The molecular formula is C20H24N2O3. The average Bonchev–Trinajstić information content (AvgIpc) is 2.63. The fourth-order valence-corrected chi connectivity index (χ4v) is 3.03. The molecule has 1 heterocycles. The molecule has 0 aromatic heterocycles. The van der Waals surface area contributed by atoms with Gasteiger partial charge >= 0.3 is 0 Å². The van der Waals surface area contributed by atoms with Crippen LogP contribution in [0, 0.1) is 0 Å². The summed E-state index contributed by atoms with van der Waals surface area (Å²) in [6.07, 6.45) is 0.241. The first-order valence-electron chi connectivity index (χ1n) is 8.52. The van der Waals surface area contributed by atoms with Gasteiger partial charge in [0.05, 0.1) is 19.3 Å². The topological polar surface area (TPSA) is 50.8 Å². The molecule has 1 amide bonds. The number of rotatable bonds is 5. The molecule has 1 aliphatic rings. The van der Waals surface area contributed by atoms with E-state index >= 15 is 0 Å². The summed E-state index contributed by atoms with van der Waals surface area (Å²) in [7, 11) is 1.62. The van der Waals surface area contributed by atoms with Crippen LogP contribution < -0.4 is 10.2 Å². The van der Waals surface area contributed by atoms with Crippen LogP contribution >= 0.6 is 0 Å². The van der Waals surface area contributed by atoms with Crippen LogP contribution in [-0.2, 0) is 16.1 Å². The third-order valence-corrected chi connectivity index (χ3v) is 4.29. The van der Waals surface area contributed by atoms with Gasteiger partial charge in [0.2, 0.25) is 0 Å². The van der Waals surface area contributed by atoms with Crippen LogP contribution in [0.1, 0.15) is 22.8 Å². The van der Waals surface area contributed by atoms with Gasteiger partial charge in [-0.15, -0.1) is 0 Å². The maximum Gasteiger partial charge on any atom is 0.256 e. The zero-order valence-electron chi connectivity index (χ0n) is 14.7. The van der Waals surface area contributed by atoms with Gasteiger partial charge in [-0.05, 0) is 42.8 Å². The SMILES string of the molecule is COCc1ccccc1C(=O)Nc1ccc(N2CCO[C@@H](C)C2)cc1. The maximum absolute atomic E-state index is 12.5. The van der Waals surface area contributed by atoms with Gasteiger partial charge in [-0.25, -0.2) is 0 Å². The molecule has 0 saturated carbocycles. The summed E-state index contributed by atoms with van der Waals surface area (Å²) in [5, 5.41) is 2.96. The molecule has 3 rings (SSSR count). The van der Waals surface area contributed by atoms with Crippen molar-refractivity contribution < 1.29 is 14.3 Å². The van der Waals surface area contributed by atoms with Gasteiger partial charge in [0.25, 0.3) is 5.91 Å². The Labute approximate surface area is 148 Å². The second-order valence-corrected chi connectivity index (χ2v) is 6.22. The summed E-state index contributed by atoms with van der Waals surface area (Å²) in [5.74, 6) is -0.125. The summed E-state index contributed by atoms with van der Waals surface area (Å²) in [4.78, 5) is 14.8. The molecule has 1 saturated heterocycles. The molecule has 5 heteroatoms. The zero-order chi connectivity index (χ0) is 17.6. The fraction of sp³-hybridized carbons (Fsp3) is 0.350. The van der Waals surface area contributed by atoms with Crippen LogP contribution in [-0.4, -0.2) is 38.8 Å². The summed E-state index contributed by atoms with van der Waals surface area (Å²) in [6, 6.07) is 15.4. The number of carbonyl (C=O) groups is 1. The highest BCUT2D eigenvalue weighted by Crippen LogP contribution is 2.21. The largest absolute Gasteiger partial charge is 0.380 e. The predicted octanol–water partition coefficient (Wildman–Crippen LogP) is 3.31. The van der Waals surface area contributed by atoms with Crippen molar-refractivity contribution in [1.82, 2.24) is 0 Å². The van der Waals surface area contributed by atoms with Crippen molar-refractivity contribution in [2.75, 3.05) is 37.0 Å². The van der Waals surface area contributed by atoms with Crippen LogP contribution in [0.5, 0.6) is 0 Å². The summed E-state index contributed by atoms with van der Waals surface area (Å²) in [5.41, 5.74) is 3.44. The standard InChI is InChI=1S/C20H24N2O3/c1-15-13-22(11-12-25-15)18-9-7-17(8-10-18)21-20(23)19-6-4-3-5-16(19)14-24-2/h3-10,15H,11-14H2,1-2H3,(H,21,23)/t15-/m0/s1. The maximum atomic E-state index is 12.5. The quantitative estimate of drug-likeness (QED) is 0.907. The van der Waals surface area contributed by atoms with E-state index in [0.717, 1.165) is 36.6 Å². The van der Waals surface area contributed by atoms with E-state index in [4.69, 9.17) is 9.47 Å². The Hall–Kier alpha value is -2.37. The van der Waals surface area contributed by atoms with Gasteiger partial charge in [-0.3, -0.25) is 4.79 Å². The van der Waals surface area contributed by atoms with E-state index in [2.05, 4.69) is 17.1 Å². The van der Waals surface area contributed by atoms with E-state index in [1.54, 1.807) is 7.11 Å². The Morgan fingerprint density at radius 2 is 2.00 bits per heavy atom. The predicted molar refractivity (Wildman–Crippen MR) is 99.2 cm³/mol. The van der Waals surface area contributed by atoms with E-state index in [1.165, 1.54) is 0 Å². The van der Waals surface area contributed by atoms with Crippen LogP contribution in [0.3, 0.4) is 0 Å². The number of morpholine rings is 1. The van der Waals surface area contributed by atoms with Crippen LogP contribution in [0.2, 0.25) is 0 Å². The van der Waals surface area contributed by atoms with Gasteiger partial charge < -0.3 is 19.7 Å². The molecular weight excluding hydrogens is 316 g/mol. The molecule has 1 fully saturated rings. The Kier molecular flexibility index (Phi) is 5.68. The molecule has 0 spiro atoms. The molecule has 2 aromatic carbocycles. The minimum atomic E-state index is -0.125. The van der Waals surface area contributed by atoms with Gasteiger partial charge in [0, 0.05) is 37.1 Å². The van der Waals surface area contributed by atoms with Crippen LogP contribution in [0.15, 0.2) is 48.5 Å². The minimum Gasteiger partial charge on any atom is -0.380 e. The lowest BCUT2D eigenvalue weighted by atomic mass is 10.1. The van der Waals surface area contributed by atoms with E-state index in [0.29, 0.717) is 12.2 Å². The van der Waals surface area contributed by atoms with Crippen molar-refractivity contribution in [3.63, 3.8) is 0 Å². The Balaban J connectivity index is 1.68. The Bertz CT molecular complexity index is 715. The number of benzene rings is 2. The molecule has 2 aromatic rings. The van der Waals surface area contributed by atoms with Gasteiger partial charge in [0.1, 0.15) is 0 Å². The first-order chi connectivity index (χ1) is 12.2. The number of hydrogen-bond donors (Lipinski definition) is 1. The lowest BCUT2D eigenvalue weighted by Gasteiger charge is -2.33. The van der Waals surface area contributed by atoms with Crippen molar-refractivity contribution in [3.8, 4) is 0 Å². The van der Waals surface area contributed by atoms with Crippen molar-refractivity contribution in [1.29, 1.82) is 0 Å². The monoisotopic (exact) mass is 340 g/mol.